The van der Waals surface area contributed by atoms with E-state index < -0.39 is 0 Å². The number of carbonyl (C=O) groups excluding carboxylic acids is 1. The summed E-state index contributed by atoms with van der Waals surface area (Å²) in [6.07, 6.45) is 4.60. The average molecular weight is 318 g/mol. The van der Waals surface area contributed by atoms with E-state index in [1.165, 1.54) is 36.2 Å². The summed E-state index contributed by atoms with van der Waals surface area (Å²) in [6.45, 7) is 0. The fourth-order valence-electron chi connectivity index (χ4n) is 1.94. The first-order valence-corrected chi connectivity index (χ1v) is 6.98. The Morgan fingerprint density at radius 2 is 2.20 bits per heavy atom. The van der Waals surface area contributed by atoms with E-state index in [1.807, 2.05) is 6.08 Å². The number of Topliss-reactive ketones (excluding diaryl/α,β-unsaturated/α-hetero) is 1. The maximum absolute atomic E-state index is 11.9. The van der Waals surface area contributed by atoms with Gasteiger partial charge in [-0.1, -0.05) is 0 Å². The number of fused-ring (bicyclic) bond motifs is 3. The van der Waals surface area contributed by atoms with E-state index in [0.29, 0.717) is 6.42 Å². The molecule has 15 heavy (non-hydrogen) atoms. The molecule has 0 fully saturated rings. The minimum atomic E-state index is 0.272. The molecular formula is C12H7OSSn. The maximum atomic E-state index is 11.9. The first-order valence-electron chi connectivity index (χ1n) is 4.74. The van der Waals surface area contributed by atoms with Crippen molar-refractivity contribution in [3.8, 4) is 0 Å². The topological polar surface area (TPSA) is 17.1 Å². The van der Waals surface area contributed by atoms with E-state index in [2.05, 4.69) is 24.3 Å². The molecule has 71 valence electrons. The van der Waals surface area contributed by atoms with Crippen LogP contribution in [0.1, 0.15) is 21.7 Å². The number of ketones is 1. The standard InChI is InChI=1S/C12H7OS.Sn/c13-9-5-3-7-11-12(9)8-4-1-2-6-10(8)14-11;/h1-3,6-7H,5H2;. The van der Waals surface area contributed by atoms with Gasteiger partial charge in [0, 0.05) is 0 Å². The molecule has 2 aromatic rings. The minimum absolute atomic E-state index is 0.272. The van der Waals surface area contributed by atoms with E-state index in [0.717, 1.165) is 10.4 Å². The Kier molecular flexibility index (Phi) is 2.21. The zero-order valence-corrected chi connectivity index (χ0v) is 11.6. The Bertz CT molecular complexity index is 595. The average Bonchev–Trinajstić information content (AvgIpc) is 2.58. The number of rotatable bonds is 0. The molecule has 1 aromatic carbocycles. The second kappa shape index (κ2) is 3.45. The van der Waals surface area contributed by atoms with Gasteiger partial charge in [-0.25, -0.2) is 0 Å². The summed E-state index contributed by atoms with van der Waals surface area (Å²) < 4.78 is 2.54. The van der Waals surface area contributed by atoms with Gasteiger partial charge in [0.1, 0.15) is 0 Å². The molecule has 0 saturated heterocycles. The molecule has 0 atom stereocenters. The molecule has 0 unspecified atom stereocenters. The van der Waals surface area contributed by atoms with Crippen molar-refractivity contribution in [2.75, 3.05) is 0 Å². The molecule has 0 bridgehead atoms. The van der Waals surface area contributed by atoms with E-state index >= 15 is 0 Å². The van der Waals surface area contributed by atoms with E-state index in [1.54, 1.807) is 11.3 Å². The van der Waals surface area contributed by atoms with E-state index in [9.17, 15) is 4.79 Å². The van der Waals surface area contributed by atoms with Crippen LogP contribution < -0.4 is 3.58 Å². The molecule has 1 aromatic heterocycles. The van der Waals surface area contributed by atoms with Gasteiger partial charge in [-0.15, -0.1) is 0 Å². The van der Waals surface area contributed by atoms with Crippen molar-refractivity contribution in [2.24, 2.45) is 0 Å². The summed E-state index contributed by atoms with van der Waals surface area (Å²) in [5.41, 5.74) is 0.963. The Morgan fingerprint density at radius 1 is 1.33 bits per heavy atom. The molecule has 1 aliphatic rings. The van der Waals surface area contributed by atoms with Crippen molar-refractivity contribution in [3.63, 3.8) is 0 Å². The first kappa shape index (κ1) is 9.60. The summed E-state index contributed by atoms with van der Waals surface area (Å²) in [7, 11) is 0. The van der Waals surface area contributed by atoms with Crippen LogP contribution >= 0.6 is 11.3 Å². The number of allylic oxidation sites excluding steroid dienone is 1. The molecule has 0 amide bonds. The second-order valence-corrected chi connectivity index (χ2v) is 6.17. The zero-order valence-electron chi connectivity index (χ0n) is 7.91. The number of hydrogen-bond acceptors (Lipinski definition) is 2. The van der Waals surface area contributed by atoms with Gasteiger partial charge >= 0.3 is 105 Å². The summed E-state index contributed by atoms with van der Waals surface area (Å²) >= 11 is 3.10. The number of hydrogen-bond donors (Lipinski definition) is 0. The van der Waals surface area contributed by atoms with Gasteiger partial charge in [-0.05, 0) is 0 Å². The van der Waals surface area contributed by atoms with Crippen LogP contribution in [0, 0.1) is 0 Å². The van der Waals surface area contributed by atoms with Crippen LogP contribution in [0.5, 0.6) is 0 Å². The van der Waals surface area contributed by atoms with Crippen LogP contribution in [-0.4, -0.2) is 28.3 Å². The molecule has 3 rings (SSSR count). The predicted octanol–water partition coefficient (Wildman–Crippen LogP) is 2.29. The van der Waals surface area contributed by atoms with Crippen LogP contribution in [0.15, 0.2) is 24.3 Å². The van der Waals surface area contributed by atoms with Crippen molar-refractivity contribution in [3.05, 3.63) is 34.7 Å². The fraction of sp³-hybridized carbons (Fsp3) is 0.0833. The quantitative estimate of drug-likeness (QED) is 0.681. The SMILES string of the molecule is O=C1CC=Cc2sc3ccc[c]([Sn])c3c21. The molecule has 3 radical (unpaired) electrons. The molecule has 3 heteroatoms. The zero-order chi connectivity index (χ0) is 10.4. The van der Waals surface area contributed by atoms with Gasteiger partial charge in [0.15, 0.2) is 0 Å². The first-order chi connectivity index (χ1) is 7.27. The van der Waals surface area contributed by atoms with Gasteiger partial charge in [-0.3, -0.25) is 0 Å². The molecule has 1 aliphatic carbocycles. The van der Waals surface area contributed by atoms with E-state index in [4.69, 9.17) is 0 Å². The monoisotopic (exact) mass is 319 g/mol. The van der Waals surface area contributed by atoms with Crippen molar-refractivity contribution < 1.29 is 4.79 Å². The molecular weight excluding hydrogens is 311 g/mol. The summed E-state index contributed by atoms with van der Waals surface area (Å²) in [6, 6.07) is 6.29. The third-order valence-electron chi connectivity index (χ3n) is 2.59. The van der Waals surface area contributed by atoms with Gasteiger partial charge in [0.05, 0.1) is 0 Å². The Hall–Kier alpha value is -0.611. The molecule has 1 nitrogen and oxygen atoms in total. The Morgan fingerprint density at radius 3 is 3.07 bits per heavy atom. The molecule has 0 N–H and O–H groups in total. The predicted molar refractivity (Wildman–Crippen MR) is 65.2 cm³/mol. The van der Waals surface area contributed by atoms with Crippen molar-refractivity contribution in [1.82, 2.24) is 0 Å². The summed E-state index contributed by atoms with van der Waals surface area (Å²) in [5, 5.41) is 1.20. The Labute approximate surface area is 105 Å². The molecule has 0 aliphatic heterocycles. The van der Waals surface area contributed by atoms with E-state index in [-0.39, 0.29) is 5.78 Å². The summed E-state index contributed by atoms with van der Waals surface area (Å²) in [4.78, 5) is 13.0. The van der Waals surface area contributed by atoms with Crippen molar-refractivity contribution >= 4 is 59.4 Å². The van der Waals surface area contributed by atoms with Crippen LogP contribution in [0.2, 0.25) is 0 Å². The molecule has 1 heterocycles. The number of carbonyl (C=O) groups is 1. The second-order valence-electron chi connectivity index (χ2n) is 3.55. The van der Waals surface area contributed by atoms with Crippen LogP contribution in [0.25, 0.3) is 16.2 Å². The van der Waals surface area contributed by atoms with Gasteiger partial charge in [-0.2, -0.15) is 0 Å². The molecule has 0 spiro atoms. The number of thiophene rings is 1. The van der Waals surface area contributed by atoms with Crippen LogP contribution in [0.4, 0.5) is 0 Å². The van der Waals surface area contributed by atoms with Crippen molar-refractivity contribution in [2.45, 2.75) is 6.42 Å². The third-order valence-corrected chi connectivity index (χ3v) is 4.90. The summed E-state index contributed by atoms with van der Waals surface area (Å²) in [5.74, 6) is 0.272. The number of benzene rings is 1. The van der Waals surface area contributed by atoms with Crippen LogP contribution in [-0.2, 0) is 0 Å². The van der Waals surface area contributed by atoms with Gasteiger partial charge in [0.25, 0.3) is 0 Å². The molecule has 0 saturated carbocycles. The van der Waals surface area contributed by atoms with Gasteiger partial charge in [0.2, 0.25) is 0 Å². The van der Waals surface area contributed by atoms with Gasteiger partial charge < -0.3 is 0 Å². The van der Waals surface area contributed by atoms with Crippen LogP contribution in [0.3, 0.4) is 0 Å². The third kappa shape index (κ3) is 1.39. The fourth-order valence-corrected chi connectivity index (χ4v) is 4.39. The normalized spacial score (nSPS) is 14.6. The Balaban J connectivity index is 2.50. The van der Waals surface area contributed by atoms with Crippen molar-refractivity contribution in [1.29, 1.82) is 0 Å².